The van der Waals surface area contributed by atoms with Crippen molar-refractivity contribution in [3.63, 3.8) is 0 Å². The van der Waals surface area contributed by atoms with Crippen LogP contribution in [0.25, 0.3) is 0 Å². The third-order valence-corrected chi connectivity index (χ3v) is 5.18. The Labute approximate surface area is 116 Å². The Morgan fingerprint density at radius 3 is 2.84 bits per heavy atom. The van der Waals surface area contributed by atoms with Gasteiger partial charge in [0.25, 0.3) is 5.91 Å². The van der Waals surface area contributed by atoms with Gasteiger partial charge in [-0.15, -0.1) is 0 Å². The van der Waals surface area contributed by atoms with E-state index < -0.39 is 15.7 Å². The molecule has 1 unspecified atom stereocenters. The van der Waals surface area contributed by atoms with Crippen LogP contribution in [0.2, 0.25) is 0 Å². The second-order valence-corrected chi connectivity index (χ2v) is 7.02. The summed E-state index contributed by atoms with van der Waals surface area (Å²) in [5, 5.41) is 2.71. The number of hydrogen-bond donors (Lipinski definition) is 1. The smallest absolute Gasteiger partial charge is 0.293 e. The third-order valence-electron chi connectivity index (χ3n) is 3.04. The average Bonchev–Trinajstić information content (AvgIpc) is 2.96. The van der Waals surface area contributed by atoms with E-state index in [4.69, 9.17) is 16.6 Å². The molecule has 2 rings (SSSR count). The predicted molar refractivity (Wildman–Crippen MR) is 73.6 cm³/mol. The fourth-order valence-electron chi connectivity index (χ4n) is 1.90. The Kier molecular flexibility index (Phi) is 3.91. The number of rotatable bonds is 2. The standard InChI is InChI=1S/C11H14N2O4S2/c1-13(8-4-6-19(15,16)7-8)11(18)12-10(14)9-3-2-5-17-9/h2-3,5,8H,4,6-7H2,1H3,(H,12,14,18). The van der Waals surface area contributed by atoms with Crippen molar-refractivity contribution < 1.29 is 17.6 Å². The number of carbonyl (C=O) groups excluding carboxylic acids is 1. The van der Waals surface area contributed by atoms with Gasteiger partial charge < -0.3 is 9.32 Å². The van der Waals surface area contributed by atoms with Crippen LogP contribution >= 0.6 is 12.2 Å². The van der Waals surface area contributed by atoms with E-state index in [1.807, 2.05) is 0 Å². The van der Waals surface area contributed by atoms with Gasteiger partial charge in [0.15, 0.2) is 20.7 Å². The molecule has 0 radical (unpaired) electrons. The summed E-state index contributed by atoms with van der Waals surface area (Å²) in [5.41, 5.74) is 0. The Bertz CT molecular complexity index is 580. The van der Waals surface area contributed by atoms with Gasteiger partial charge in [0.05, 0.1) is 17.8 Å². The van der Waals surface area contributed by atoms with Gasteiger partial charge in [0.2, 0.25) is 0 Å². The fraction of sp³-hybridized carbons (Fsp3) is 0.455. The van der Waals surface area contributed by atoms with Crippen molar-refractivity contribution in [1.29, 1.82) is 0 Å². The largest absolute Gasteiger partial charge is 0.459 e. The van der Waals surface area contributed by atoms with Crippen LogP contribution in [0.5, 0.6) is 0 Å². The summed E-state index contributed by atoms with van der Waals surface area (Å²) in [4.78, 5) is 13.3. The molecule has 1 aliphatic rings. The zero-order valence-corrected chi connectivity index (χ0v) is 12.0. The molecule has 0 bridgehead atoms. The van der Waals surface area contributed by atoms with E-state index >= 15 is 0 Å². The van der Waals surface area contributed by atoms with Gasteiger partial charge in [0, 0.05) is 13.1 Å². The zero-order chi connectivity index (χ0) is 14.0. The van der Waals surface area contributed by atoms with Gasteiger partial charge in [-0.05, 0) is 30.8 Å². The van der Waals surface area contributed by atoms with Crippen molar-refractivity contribution in [3.8, 4) is 0 Å². The molecular weight excluding hydrogens is 288 g/mol. The minimum absolute atomic E-state index is 0.0697. The summed E-state index contributed by atoms with van der Waals surface area (Å²) < 4.78 is 27.8. The van der Waals surface area contributed by atoms with Crippen LogP contribution in [-0.4, -0.2) is 48.9 Å². The topological polar surface area (TPSA) is 79.6 Å². The van der Waals surface area contributed by atoms with Crippen molar-refractivity contribution >= 4 is 33.1 Å². The van der Waals surface area contributed by atoms with E-state index in [-0.39, 0.29) is 28.4 Å². The molecule has 0 aromatic carbocycles. The Balaban J connectivity index is 1.95. The molecule has 1 fully saturated rings. The van der Waals surface area contributed by atoms with Crippen molar-refractivity contribution in [2.75, 3.05) is 18.6 Å². The van der Waals surface area contributed by atoms with Crippen LogP contribution in [-0.2, 0) is 9.84 Å². The molecule has 2 heterocycles. The highest BCUT2D eigenvalue weighted by atomic mass is 32.2. The maximum absolute atomic E-state index is 11.7. The van der Waals surface area contributed by atoms with Crippen molar-refractivity contribution in [1.82, 2.24) is 10.2 Å². The van der Waals surface area contributed by atoms with E-state index in [0.717, 1.165) is 0 Å². The summed E-state index contributed by atoms with van der Waals surface area (Å²) in [7, 11) is -1.30. The normalized spacial score (nSPS) is 21.0. The van der Waals surface area contributed by atoms with Crippen molar-refractivity contribution in [2.45, 2.75) is 12.5 Å². The third kappa shape index (κ3) is 3.32. The molecular formula is C11H14N2O4S2. The van der Waals surface area contributed by atoms with Gasteiger partial charge in [-0.3, -0.25) is 10.1 Å². The number of nitrogens with zero attached hydrogens (tertiary/aromatic N) is 1. The molecule has 1 saturated heterocycles. The molecule has 1 amide bonds. The van der Waals surface area contributed by atoms with Crippen LogP contribution in [0.15, 0.2) is 22.8 Å². The van der Waals surface area contributed by atoms with Gasteiger partial charge >= 0.3 is 0 Å². The minimum Gasteiger partial charge on any atom is -0.459 e. The van der Waals surface area contributed by atoms with E-state index in [9.17, 15) is 13.2 Å². The molecule has 8 heteroatoms. The van der Waals surface area contributed by atoms with Gasteiger partial charge in [-0.1, -0.05) is 0 Å². The lowest BCUT2D eigenvalue weighted by Crippen LogP contribution is -2.46. The first kappa shape index (κ1) is 14.0. The molecule has 104 valence electrons. The Morgan fingerprint density at radius 2 is 2.32 bits per heavy atom. The molecule has 1 N–H and O–H groups in total. The van der Waals surface area contributed by atoms with E-state index in [2.05, 4.69) is 5.32 Å². The fourth-order valence-corrected chi connectivity index (χ4v) is 3.92. The van der Waals surface area contributed by atoms with Crippen LogP contribution in [0.3, 0.4) is 0 Å². The maximum Gasteiger partial charge on any atom is 0.293 e. The second kappa shape index (κ2) is 5.30. The average molecular weight is 302 g/mol. The summed E-state index contributed by atoms with van der Waals surface area (Å²) in [6.45, 7) is 0. The second-order valence-electron chi connectivity index (χ2n) is 4.40. The van der Waals surface area contributed by atoms with Crippen LogP contribution < -0.4 is 5.32 Å². The first-order chi connectivity index (χ1) is 8.89. The van der Waals surface area contributed by atoms with E-state index in [1.54, 1.807) is 18.0 Å². The first-order valence-corrected chi connectivity index (χ1v) is 7.94. The first-order valence-electron chi connectivity index (χ1n) is 5.71. The molecule has 6 nitrogen and oxygen atoms in total. The van der Waals surface area contributed by atoms with Crippen LogP contribution in [0, 0.1) is 0 Å². The highest BCUT2D eigenvalue weighted by molar-refractivity contribution is 7.91. The van der Waals surface area contributed by atoms with Gasteiger partial charge in [0.1, 0.15) is 0 Å². The van der Waals surface area contributed by atoms with Gasteiger partial charge in [-0.2, -0.15) is 0 Å². The van der Waals surface area contributed by atoms with E-state index in [0.29, 0.717) is 6.42 Å². The number of nitrogens with one attached hydrogen (secondary N) is 1. The maximum atomic E-state index is 11.7. The lowest BCUT2D eigenvalue weighted by atomic mass is 10.2. The molecule has 1 atom stereocenters. The predicted octanol–water partition coefficient (Wildman–Crippen LogP) is 0.413. The van der Waals surface area contributed by atoms with Crippen LogP contribution in [0.4, 0.5) is 0 Å². The Morgan fingerprint density at radius 1 is 1.58 bits per heavy atom. The van der Waals surface area contributed by atoms with E-state index in [1.165, 1.54) is 12.3 Å². The highest BCUT2D eigenvalue weighted by Crippen LogP contribution is 2.16. The molecule has 0 aliphatic carbocycles. The summed E-state index contributed by atoms with van der Waals surface area (Å²) in [5.74, 6) is -0.0469. The number of carbonyl (C=O) groups is 1. The molecule has 19 heavy (non-hydrogen) atoms. The molecule has 0 spiro atoms. The van der Waals surface area contributed by atoms with Crippen LogP contribution in [0.1, 0.15) is 17.0 Å². The number of sulfone groups is 1. The molecule has 1 aromatic rings. The molecule has 1 aliphatic heterocycles. The van der Waals surface area contributed by atoms with Crippen molar-refractivity contribution in [3.05, 3.63) is 24.2 Å². The quantitative estimate of drug-likeness (QED) is 0.797. The number of thiocarbonyl (C=S) groups is 1. The summed E-state index contributed by atoms with van der Waals surface area (Å²) in [6.07, 6.45) is 1.92. The van der Waals surface area contributed by atoms with Gasteiger partial charge in [-0.25, -0.2) is 8.42 Å². The molecule has 0 saturated carbocycles. The number of amides is 1. The number of hydrogen-bond acceptors (Lipinski definition) is 5. The molecule has 1 aromatic heterocycles. The lowest BCUT2D eigenvalue weighted by molar-refractivity contribution is 0.0946. The Hall–Kier alpha value is -1.41. The summed E-state index contributed by atoms with van der Waals surface area (Å²) in [6, 6.07) is 2.94. The lowest BCUT2D eigenvalue weighted by Gasteiger charge is -2.25. The van der Waals surface area contributed by atoms with Crippen molar-refractivity contribution in [2.24, 2.45) is 0 Å². The minimum atomic E-state index is -2.98. The monoisotopic (exact) mass is 302 g/mol. The number of furan rings is 1. The SMILES string of the molecule is CN(C(=S)NC(=O)c1ccco1)C1CCS(=O)(=O)C1. The highest BCUT2D eigenvalue weighted by Gasteiger charge is 2.32. The summed E-state index contributed by atoms with van der Waals surface area (Å²) >= 11 is 5.10. The zero-order valence-electron chi connectivity index (χ0n) is 10.3.